The summed E-state index contributed by atoms with van der Waals surface area (Å²) >= 11 is 0. The molecule has 1 heterocycles. The summed E-state index contributed by atoms with van der Waals surface area (Å²) in [4.78, 5) is 10.9. The first-order valence-corrected chi connectivity index (χ1v) is 7.52. The molecule has 106 valence electrons. The van der Waals surface area contributed by atoms with Gasteiger partial charge in [0.1, 0.15) is 22.0 Å². The summed E-state index contributed by atoms with van der Waals surface area (Å²) in [5.41, 5.74) is -0.764. The van der Waals surface area contributed by atoms with E-state index in [-0.39, 0.29) is 22.0 Å². The molecule has 1 aliphatic carbocycles. The fourth-order valence-corrected chi connectivity index (χ4v) is 4.29. The molecule has 0 aromatic carbocycles. The zero-order valence-electron chi connectivity index (χ0n) is 11.1. The Hall–Kier alpha value is -1.34. The third-order valence-corrected chi connectivity index (χ3v) is 5.32. The molecule has 2 N–H and O–H groups in total. The van der Waals surface area contributed by atoms with Gasteiger partial charge in [0.2, 0.25) is 10.0 Å². The standard InChI is InChI=1S/C12H17NO5S/c1-7-9(11(14)15)10(8(2)18-7)19(16,17)13-12(3)5-4-6-12/h13H,4-6H2,1-3H3,(H,14,15). The molecule has 0 unspecified atom stereocenters. The van der Waals surface area contributed by atoms with Gasteiger partial charge in [-0.2, -0.15) is 0 Å². The summed E-state index contributed by atoms with van der Waals surface area (Å²) in [6.45, 7) is 4.72. The smallest absolute Gasteiger partial charge is 0.340 e. The van der Waals surface area contributed by atoms with Gasteiger partial charge < -0.3 is 9.52 Å². The zero-order valence-corrected chi connectivity index (χ0v) is 11.9. The average molecular weight is 287 g/mol. The van der Waals surface area contributed by atoms with E-state index in [1.165, 1.54) is 13.8 Å². The molecule has 0 radical (unpaired) electrons. The van der Waals surface area contributed by atoms with E-state index in [9.17, 15) is 13.2 Å². The van der Waals surface area contributed by atoms with Crippen molar-refractivity contribution in [1.29, 1.82) is 0 Å². The van der Waals surface area contributed by atoms with Gasteiger partial charge in [0.05, 0.1) is 0 Å². The number of hydrogen-bond donors (Lipinski definition) is 2. The second-order valence-corrected chi connectivity index (χ2v) is 6.86. The molecule has 19 heavy (non-hydrogen) atoms. The SMILES string of the molecule is Cc1oc(C)c(S(=O)(=O)NC2(C)CCC2)c1C(=O)O. The first-order valence-electron chi connectivity index (χ1n) is 6.03. The lowest BCUT2D eigenvalue weighted by molar-refractivity contribution is 0.0691. The topological polar surface area (TPSA) is 96.6 Å². The summed E-state index contributed by atoms with van der Waals surface area (Å²) in [6.07, 6.45) is 2.48. The molecule has 2 rings (SSSR count). The maximum atomic E-state index is 12.4. The second kappa shape index (κ2) is 4.35. The highest BCUT2D eigenvalue weighted by Crippen LogP contribution is 2.34. The van der Waals surface area contributed by atoms with Gasteiger partial charge in [0, 0.05) is 5.54 Å². The number of hydrogen-bond acceptors (Lipinski definition) is 4. The molecule has 1 aromatic rings. The third-order valence-electron chi connectivity index (χ3n) is 3.53. The van der Waals surface area contributed by atoms with Crippen molar-refractivity contribution in [3.05, 3.63) is 17.1 Å². The summed E-state index contributed by atoms with van der Waals surface area (Å²) in [7, 11) is -3.89. The van der Waals surface area contributed by atoms with E-state index in [0.29, 0.717) is 0 Å². The fraction of sp³-hybridized carbons (Fsp3) is 0.583. The molecule has 1 aromatic heterocycles. The minimum atomic E-state index is -3.89. The van der Waals surface area contributed by atoms with Crippen LogP contribution < -0.4 is 4.72 Å². The molecular weight excluding hydrogens is 270 g/mol. The molecule has 0 saturated heterocycles. The number of aryl methyl sites for hydroxylation is 2. The molecule has 0 amide bonds. The number of furan rings is 1. The van der Waals surface area contributed by atoms with Crippen molar-refractivity contribution in [3.8, 4) is 0 Å². The van der Waals surface area contributed by atoms with Gasteiger partial charge >= 0.3 is 5.97 Å². The van der Waals surface area contributed by atoms with E-state index in [0.717, 1.165) is 19.3 Å². The van der Waals surface area contributed by atoms with Crippen molar-refractivity contribution in [3.63, 3.8) is 0 Å². The number of carboxylic acids is 1. The maximum absolute atomic E-state index is 12.4. The van der Waals surface area contributed by atoms with Crippen LogP contribution in [0.25, 0.3) is 0 Å². The Morgan fingerprint density at radius 1 is 1.32 bits per heavy atom. The van der Waals surface area contributed by atoms with Crippen molar-refractivity contribution in [2.24, 2.45) is 0 Å². The van der Waals surface area contributed by atoms with Crippen LogP contribution in [0.4, 0.5) is 0 Å². The van der Waals surface area contributed by atoms with Crippen LogP contribution in [0.5, 0.6) is 0 Å². The van der Waals surface area contributed by atoms with Crippen molar-refractivity contribution in [2.75, 3.05) is 0 Å². The van der Waals surface area contributed by atoms with Gasteiger partial charge in [0.15, 0.2) is 0 Å². The van der Waals surface area contributed by atoms with Crippen molar-refractivity contribution >= 4 is 16.0 Å². The molecule has 7 heteroatoms. The van der Waals surface area contributed by atoms with E-state index in [1.54, 1.807) is 0 Å². The predicted octanol–water partition coefficient (Wildman–Crippen LogP) is 1.82. The number of carboxylic acid groups (broad SMARTS) is 1. The van der Waals surface area contributed by atoms with Crippen LogP contribution in [0.3, 0.4) is 0 Å². The van der Waals surface area contributed by atoms with Crippen LogP contribution >= 0.6 is 0 Å². The summed E-state index contributed by atoms with van der Waals surface area (Å²) < 4.78 is 32.5. The number of sulfonamides is 1. The van der Waals surface area contributed by atoms with Crippen molar-refractivity contribution in [1.82, 2.24) is 4.72 Å². The summed E-state index contributed by atoms with van der Waals surface area (Å²) in [5.74, 6) is -1.09. The van der Waals surface area contributed by atoms with E-state index in [2.05, 4.69) is 4.72 Å². The lowest BCUT2D eigenvalue weighted by Crippen LogP contribution is -2.51. The van der Waals surface area contributed by atoms with Crippen molar-refractivity contribution in [2.45, 2.75) is 50.5 Å². The van der Waals surface area contributed by atoms with Gasteiger partial charge in [0.25, 0.3) is 0 Å². The molecule has 1 aliphatic rings. The van der Waals surface area contributed by atoms with Crippen LogP contribution in [0, 0.1) is 13.8 Å². The Balaban J connectivity index is 2.48. The van der Waals surface area contributed by atoms with Crippen LogP contribution in [-0.4, -0.2) is 25.0 Å². The molecule has 0 aliphatic heterocycles. The molecule has 6 nitrogen and oxygen atoms in total. The Kier molecular flexibility index (Phi) is 3.22. The molecule has 0 spiro atoms. The van der Waals surface area contributed by atoms with E-state index in [4.69, 9.17) is 9.52 Å². The maximum Gasteiger partial charge on any atom is 0.340 e. The highest BCUT2D eigenvalue weighted by Gasteiger charge is 2.39. The van der Waals surface area contributed by atoms with Crippen LogP contribution in [0.2, 0.25) is 0 Å². The number of aromatic carboxylic acids is 1. The Bertz CT molecular complexity index is 625. The number of carbonyl (C=O) groups is 1. The summed E-state index contributed by atoms with van der Waals surface area (Å²) in [5, 5.41) is 9.14. The van der Waals surface area contributed by atoms with Gasteiger partial charge in [-0.25, -0.2) is 17.9 Å². The zero-order chi connectivity index (χ0) is 14.4. The molecule has 0 bridgehead atoms. The van der Waals surface area contributed by atoms with Crippen molar-refractivity contribution < 1.29 is 22.7 Å². The lowest BCUT2D eigenvalue weighted by atomic mass is 9.80. The second-order valence-electron chi connectivity index (χ2n) is 5.24. The number of rotatable bonds is 4. The lowest BCUT2D eigenvalue weighted by Gasteiger charge is -2.38. The third kappa shape index (κ3) is 2.40. The predicted molar refractivity (Wildman–Crippen MR) is 67.7 cm³/mol. The van der Waals surface area contributed by atoms with Gasteiger partial charge in [-0.05, 0) is 40.0 Å². The van der Waals surface area contributed by atoms with E-state index < -0.39 is 21.5 Å². The molecule has 1 saturated carbocycles. The quantitative estimate of drug-likeness (QED) is 0.880. The van der Waals surface area contributed by atoms with E-state index in [1.807, 2.05) is 6.92 Å². The molecule has 0 atom stereocenters. The first kappa shape index (κ1) is 14.1. The largest absolute Gasteiger partial charge is 0.478 e. The molecule has 1 fully saturated rings. The monoisotopic (exact) mass is 287 g/mol. The van der Waals surface area contributed by atoms with Gasteiger partial charge in [-0.1, -0.05) is 0 Å². The Morgan fingerprint density at radius 3 is 2.32 bits per heavy atom. The minimum absolute atomic E-state index is 0.101. The summed E-state index contributed by atoms with van der Waals surface area (Å²) in [6, 6.07) is 0. The van der Waals surface area contributed by atoms with Gasteiger partial charge in [-0.3, -0.25) is 0 Å². The highest BCUT2D eigenvalue weighted by atomic mass is 32.2. The van der Waals surface area contributed by atoms with Crippen LogP contribution in [0.1, 0.15) is 48.1 Å². The first-order chi connectivity index (χ1) is 8.66. The van der Waals surface area contributed by atoms with E-state index >= 15 is 0 Å². The highest BCUT2D eigenvalue weighted by molar-refractivity contribution is 7.89. The van der Waals surface area contributed by atoms with Gasteiger partial charge in [-0.15, -0.1) is 0 Å². The molecular formula is C12H17NO5S. The Morgan fingerprint density at radius 2 is 1.89 bits per heavy atom. The Labute approximate surface area is 111 Å². The number of nitrogens with one attached hydrogen (secondary N) is 1. The van der Waals surface area contributed by atoms with Crippen LogP contribution in [0.15, 0.2) is 9.31 Å². The average Bonchev–Trinajstić information content (AvgIpc) is 2.51. The van der Waals surface area contributed by atoms with Crippen LogP contribution in [-0.2, 0) is 10.0 Å². The fourth-order valence-electron chi connectivity index (χ4n) is 2.42. The normalized spacial score (nSPS) is 18.1. The minimum Gasteiger partial charge on any atom is -0.478 e.